The highest BCUT2D eigenvalue weighted by Gasteiger charge is 2.33. The van der Waals surface area contributed by atoms with Crippen molar-refractivity contribution in [3.05, 3.63) is 18.2 Å². The molecule has 2 N–H and O–H groups in total. The molecule has 2 atom stereocenters. The van der Waals surface area contributed by atoms with Gasteiger partial charge in [-0.25, -0.2) is 4.98 Å². The third-order valence-electron chi connectivity index (χ3n) is 4.17. The highest BCUT2D eigenvalue weighted by Crippen LogP contribution is 2.22. The van der Waals surface area contributed by atoms with Crippen LogP contribution in [0.2, 0.25) is 0 Å². The van der Waals surface area contributed by atoms with Gasteiger partial charge in [-0.1, -0.05) is 41.5 Å². The second kappa shape index (κ2) is 6.82. The molecule has 0 saturated heterocycles. The summed E-state index contributed by atoms with van der Waals surface area (Å²) >= 11 is 0. The van der Waals surface area contributed by atoms with Gasteiger partial charge in [0.05, 0.1) is 12.6 Å². The molecule has 0 aromatic carbocycles. The number of nitrogens with one attached hydrogen (secondary N) is 2. The molecule has 126 valence electrons. The average Bonchev–Trinajstić information content (AvgIpc) is 2.72. The predicted molar refractivity (Wildman–Crippen MR) is 90.4 cm³/mol. The minimum Gasteiger partial charge on any atom is -0.352 e. The zero-order chi connectivity index (χ0) is 17.1. The van der Waals surface area contributed by atoms with Crippen molar-refractivity contribution in [2.24, 2.45) is 17.9 Å². The molecule has 22 heavy (non-hydrogen) atoms. The molecule has 0 radical (unpaired) electrons. The van der Waals surface area contributed by atoms with Crippen molar-refractivity contribution >= 4 is 5.91 Å². The standard InChI is InChI=1S/C17H32N4O/c1-12(16(2,3)4)20-15(22)14(17(5,6)7)19-11-13-18-9-10-21(13)8/h9-10,12,14,19H,11H2,1-8H3,(H,20,22)/t12-,14-/m1/s1. The van der Waals surface area contributed by atoms with E-state index in [1.54, 1.807) is 6.20 Å². The van der Waals surface area contributed by atoms with Gasteiger partial charge in [0.15, 0.2) is 0 Å². The second-order valence-corrected chi connectivity index (χ2v) is 8.23. The minimum atomic E-state index is -0.269. The van der Waals surface area contributed by atoms with E-state index >= 15 is 0 Å². The monoisotopic (exact) mass is 308 g/mol. The van der Waals surface area contributed by atoms with Gasteiger partial charge in [-0.15, -0.1) is 0 Å². The lowest BCUT2D eigenvalue weighted by Gasteiger charge is -2.34. The molecule has 1 aromatic rings. The molecule has 1 amide bonds. The zero-order valence-corrected chi connectivity index (χ0v) is 15.3. The summed E-state index contributed by atoms with van der Waals surface area (Å²) in [7, 11) is 1.96. The average molecular weight is 308 g/mol. The number of aromatic nitrogens is 2. The van der Waals surface area contributed by atoms with Crippen LogP contribution >= 0.6 is 0 Å². The van der Waals surface area contributed by atoms with Crippen LogP contribution in [0.15, 0.2) is 12.4 Å². The summed E-state index contributed by atoms with van der Waals surface area (Å²) < 4.78 is 1.96. The Morgan fingerprint density at radius 3 is 2.23 bits per heavy atom. The quantitative estimate of drug-likeness (QED) is 0.878. The van der Waals surface area contributed by atoms with Gasteiger partial charge in [0.25, 0.3) is 0 Å². The van der Waals surface area contributed by atoms with Gasteiger partial charge >= 0.3 is 0 Å². The van der Waals surface area contributed by atoms with E-state index in [9.17, 15) is 4.79 Å². The van der Waals surface area contributed by atoms with Gasteiger partial charge in [0.2, 0.25) is 5.91 Å². The van der Waals surface area contributed by atoms with Crippen LogP contribution in [0.1, 0.15) is 54.3 Å². The molecule has 1 aromatic heterocycles. The summed E-state index contributed by atoms with van der Waals surface area (Å²) in [5.74, 6) is 0.968. The maximum atomic E-state index is 12.7. The Kier molecular flexibility index (Phi) is 5.79. The van der Waals surface area contributed by atoms with E-state index in [2.05, 4.69) is 64.1 Å². The second-order valence-electron chi connectivity index (χ2n) is 8.23. The first-order valence-electron chi connectivity index (χ1n) is 7.93. The molecule has 5 nitrogen and oxygen atoms in total. The summed E-state index contributed by atoms with van der Waals surface area (Å²) in [5.41, 5.74) is -0.134. The third kappa shape index (κ3) is 5.13. The van der Waals surface area contributed by atoms with Crippen molar-refractivity contribution in [1.82, 2.24) is 20.2 Å². The van der Waals surface area contributed by atoms with E-state index in [4.69, 9.17) is 0 Å². The lowest BCUT2D eigenvalue weighted by Crippen LogP contribution is -2.55. The normalized spacial score (nSPS) is 15.5. The Hall–Kier alpha value is -1.36. The van der Waals surface area contributed by atoms with Crippen LogP contribution in [-0.2, 0) is 18.4 Å². The molecule has 0 unspecified atom stereocenters. The van der Waals surface area contributed by atoms with Crippen molar-refractivity contribution in [2.45, 2.75) is 67.1 Å². The zero-order valence-electron chi connectivity index (χ0n) is 15.3. The van der Waals surface area contributed by atoms with Crippen LogP contribution < -0.4 is 10.6 Å². The number of hydrogen-bond acceptors (Lipinski definition) is 3. The smallest absolute Gasteiger partial charge is 0.237 e. The Balaban J connectivity index is 2.77. The van der Waals surface area contributed by atoms with E-state index in [0.29, 0.717) is 6.54 Å². The van der Waals surface area contributed by atoms with E-state index in [1.807, 2.05) is 17.8 Å². The highest BCUT2D eigenvalue weighted by molar-refractivity contribution is 5.82. The van der Waals surface area contributed by atoms with Crippen LogP contribution in [0.3, 0.4) is 0 Å². The van der Waals surface area contributed by atoms with Crippen LogP contribution in [0.4, 0.5) is 0 Å². The van der Waals surface area contributed by atoms with Crippen LogP contribution in [-0.4, -0.2) is 27.5 Å². The van der Waals surface area contributed by atoms with E-state index in [0.717, 1.165) is 5.82 Å². The molecule has 1 rings (SSSR count). The molecule has 1 heterocycles. The van der Waals surface area contributed by atoms with Crippen LogP contribution in [0.25, 0.3) is 0 Å². The Bertz CT molecular complexity index is 493. The van der Waals surface area contributed by atoms with Crippen LogP contribution in [0, 0.1) is 10.8 Å². The van der Waals surface area contributed by atoms with Crippen molar-refractivity contribution in [3.8, 4) is 0 Å². The van der Waals surface area contributed by atoms with Gasteiger partial charge in [0, 0.05) is 25.5 Å². The fourth-order valence-electron chi connectivity index (χ4n) is 2.07. The molecule has 0 fully saturated rings. The molecule has 0 aliphatic rings. The fraction of sp³-hybridized carbons (Fsp3) is 0.765. The maximum Gasteiger partial charge on any atom is 0.237 e. The fourth-order valence-corrected chi connectivity index (χ4v) is 2.07. The van der Waals surface area contributed by atoms with Crippen molar-refractivity contribution in [1.29, 1.82) is 0 Å². The number of aryl methyl sites for hydroxylation is 1. The molecule has 0 aliphatic carbocycles. The van der Waals surface area contributed by atoms with Gasteiger partial charge in [0.1, 0.15) is 5.82 Å². The molecule has 0 aliphatic heterocycles. The molecular formula is C17H32N4O. The molecule has 5 heteroatoms. The summed E-state index contributed by atoms with van der Waals surface area (Å²) in [4.78, 5) is 17.0. The number of imidazole rings is 1. The highest BCUT2D eigenvalue weighted by atomic mass is 16.2. The third-order valence-corrected chi connectivity index (χ3v) is 4.17. The first kappa shape index (κ1) is 18.7. The maximum absolute atomic E-state index is 12.7. The summed E-state index contributed by atoms with van der Waals surface area (Å²) in [6.07, 6.45) is 3.68. The van der Waals surface area contributed by atoms with E-state index in [1.165, 1.54) is 0 Å². The lowest BCUT2D eigenvalue weighted by molar-refractivity contribution is -0.127. The van der Waals surface area contributed by atoms with Crippen molar-refractivity contribution in [3.63, 3.8) is 0 Å². The van der Waals surface area contributed by atoms with Crippen molar-refractivity contribution < 1.29 is 4.79 Å². The van der Waals surface area contributed by atoms with Crippen LogP contribution in [0.5, 0.6) is 0 Å². The lowest BCUT2D eigenvalue weighted by atomic mass is 9.84. The van der Waals surface area contributed by atoms with E-state index in [-0.39, 0.29) is 28.8 Å². The van der Waals surface area contributed by atoms with Gasteiger partial charge in [-0.2, -0.15) is 0 Å². The minimum absolute atomic E-state index is 0.0395. The number of rotatable bonds is 5. The first-order valence-corrected chi connectivity index (χ1v) is 7.93. The van der Waals surface area contributed by atoms with Gasteiger partial charge < -0.3 is 9.88 Å². The number of carbonyl (C=O) groups is 1. The molecule has 0 saturated carbocycles. The number of amides is 1. The summed E-state index contributed by atoms with van der Waals surface area (Å²) in [6, 6.07) is -0.159. The Morgan fingerprint density at radius 1 is 1.23 bits per heavy atom. The Morgan fingerprint density at radius 2 is 1.82 bits per heavy atom. The molecule has 0 spiro atoms. The van der Waals surface area contributed by atoms with E-state index < -0.39 is 0 Å². The predicted octanol–water partition coefficient (Wildman–Crippen LogP) is 2.48. The topological polar surface area (TPSA) is 59.0 Å². The van der Waals surface area contributed by atoms with Gasteiger partial charge in [-0.05, 0) is 17.8 Å². The molecule has 0 bridgehead atoms. The van der Waals surface area contributed by atoms with Crippen molar-refractivity contribution in [2.75, 3.05) is 0 Å². The Labute approximate surface area is 134 Å². The first-order chi connectivity index (χ1) is 9.93. The summed E-state index contributed by atoms with van der Waals surface area (Å²) in [6.45, 7) is 15.2. The van der Waals surface area contributed by atoms with Gasteiger partial charge in [-0.3, -0.25) is 10.1 Å². The SMILES string of the molecule is C[C@@H](NC(=O)[C@@H](NCc1nccn1C)C(C)(C)C)C(C)(C)C. The number of carbonyl (C=O) groups excluding carboxylic acids is 1. The summed E-state index contributed by atoms with van der Waals surface area (Å²) in [5, 5.41) is 6.51. The number of nitrogens with zero attached hydrogens (tertiary/aromatic N) is 2. The largest absolute Gasteiger partial charge is 0.352 e. The molecular weight excluding hydrogens is 276 g/mol. The number of hydrogen-bond donors (Lipinski definition) is 2.